The highest BCUT2D eigenvalue weighted by molar-refractivity contribution is 7.91. The Morgan fingerprint density at radius 1 is 1.25 bits per heavy atom. The van der Waals surface area contributed by atoms with Gasteiger partial charge in [0.1, 0.15) is 4.21 Å². The molecule has 2 aromatic rings. The Kier molecular flexibility index (Phi) is 6.61. The Bertz CT molecular complexity index is 818. The van der Waals surface area contributed by atoms with Crippen molar-refractivity contribution in [3.63, 3.8) is 0 Å². The van der Waals surface area contributed by atoms with Gasteiger partial charge in [-0.25, -0.2) is 13.6 Å². The Morgan fingerprint density at radius 3 is 2.62 bits per heavy atom. The number of thiophene rings is 1. The lowest BCUT2D eigenvalue weighted by atomic mass is 10.1. The van der Waals surface area contributed by atoms with Crippen molar-refractivity contribution < 1.29 is 8.42 Å². The average molecular weight is 387 g/mol. The van der Waals surface area contributed by atoms with Gasteiger partial charge in [0.25, 0.3) is 0 Å². The minimum absolute atomic E-state index is 0.154. The van der Waals surface area contributed by atoms with Crippen molar-refractivity contribution in [2.24, 2.45) is 10.1 Å². The van der Waals surface area contributed by atoms with E-state index in [-0.39, 0.29) is 4.21 Å². The number of hydrogen-bond acceptors (Lipinski definition) is 4. The number of guanidine groups is 1. The third-order valence-electron chi connectivity index (χ3n) is 3.22. The number of rotatable bonds is 6. The van der Waals surface area contributed by atoms with E-state index >= 15 is 0 Å². The Balaban J connectivity index is 1.83. The molecule has 0 amide bonds. The number of benzene rings is 1. The molecule has 0 bridgehead atoms. The largest absolute Gasteiger partial charge is 0.356 e. The van der Waals surface area contributed by atoms with Gasteiger partial charge in [0.05, 0.1) is 6.54 Å². The number of nitrogens with zero attached hydrogens (tertiary/aromatic N) is 1. The van der Waals surface area contributed by atoms with Crippen LogP contribution < -0.4 is 15.8 Å². The van der Waals surface area contributed by atoms with Crippen LogP contribution >= 0.6 is 22.9 Å². The van der Waals surface area contributed by atoms with Crippen LogP contribution in [-0.4, -0.2) is 28.0 Å². The van der Waals surface area contributed by atoms with Gasteiger partial charge in [0.2, 0.25) is 10.0 Å². The van der Waals surface area contributed by atoms with E-state index < -0.39 is 10.0 Å². The summed E-state index contributed by atoms with van der Waals surface area (Å²) in [5, 5.41) is 12.2. The van der Waals surface area contributed by atoms with Crippen molar-refractivity contribution in [1.82, 2.24) is 10.6 Å². The molecule has 1 heterocycles. The molecule has 9 heteroatoms. The number of nitrogens with one attached hydrogen (secondary N) is 2. The van der Waals surface area contributed by atoms with Crippen LogP contribution in [0.2, 0.25) is 5.02 Å². The maximum absolute atomic E-state index is 11.3. The molecule has 0 spiro atoms. The molecule has 0 aliphatic rings. The van der Waals surface area contributed by atoms with Gasteiger partial charge in [-0.05, 0) is 30.2 Å². The summed E-state index contributed by atoms with van der Waals surface area (Å²) in [7, 11) is -1.97. The molecule has 2 rings (SSSR count). The summed E-state index contributed by atoms with van der Waals surface area (Å²) in [5.74, 6) is 0.632. The lowest BCUT2D eigenvalue weighted by Gasteiger charge is -2.11. The number of primary sulfonamides is 1. The molecule has 1 aromatic heterocycles. The van der Waals surface area contributed by atoms with Gasteiger partial charge in [0.15, 0.2) is 5.96 Å². The summed E-state index contributed by atoms with van der Waals surface area (Å²) in [6.45, 7) is 1.14. The third-order valence-corrected chi connectivity index (χ3v) is 6.11. The van der Waals surface area contributed by atoms with E-state index in [9.17, 15) is 8.42 Å². The fourth-order valence-electron chi connectivity index (χ4n) is 2.01. The summed E-state index contributed by atoms with van der Waals surface area (Å²) in [5.41, 5.74) is 1.07. The number of nitrogens with two attached hydrogens (primary N) is 1. The molecule has 0 radical (unpaired) electrons. The second-order valence-electron chi connectivity index (χ2n) is 4.96. The van der Waals surface area contributed by atoms with E-state index in [1.807, 2.05) is 24.3 Å². The van der Waals surface area contributed by atoms with Crippen LogP contribution in [0.15, 0.2) is 45.6 Å². The lowest BCUT2D eigenvalue weighted by Crippen LogP contribution is -2.37. The first-order valence-corrected chi connectivity index (χ1v) is 9.93. The van der Waals surface area contributed by atoms with Crippen molar-refractivity contribution in [3.8, 4) is 0 Å². The van der Waals surface area contributed by atoms with Crippen LogP contribution in [-0.2, 0) is 23.0 Å². The zero-order valence-electron chi connectivity index (χ0n) is 13.1. The van der Waals surface area contributed by atoms with Crippen molar-refractivity contribution in [1.29, 1.82) is 0 Å². The molecule has 0 saturated carbocycles. The minimum atomic E-state index is -3.64. The third kappa shape index (κ3) is 5.48. The Labute approximate surface area is 150 Å². The second kappa shape index (κ2) is 8.48. The topological polar surface area (TPSA) is 96.6 Å². The van der Waals surface area contributed by atoms with Gasteiger partial charge in [-0.3, -0.25) is 4.99 Å². The zero-order valence-corrected chi connectivity index (χ0v) is 15.5. The van der Waals surface area contributed by atoms with E-state index in [0.717, 1.165) is 33.2 Å². The fourth-order valence-corrected chi connectivity index (χ4v) is 3.96. The summed E-state index contributed by atoms with van der Waals surface area (Å²) < 4.78 is 22.7. The first-order chi connectivity index (χ1) is 11.4. The molecule has 130 valence electrons. The van der Waals surface area contributed by atoms with Crippen LogP contribution in [0.1, 0.15) is 10.4 Å². The number of hydrogen-bond donors (Lipinski definition) is 3. The van der Waals surface area contributed by atoms with E-state index in [0.29, 0.717) is 19.0 Å². The van der Waals surface area contributed by atoms with E-state index in [2.05, 4.69) is 15.6 Å². The van der Waals surface area contributed by atoms with E-state index in [1.165, 1.54) is 6.07 Å². The number of aliphatic imine (C=N–C) groups is 1. The SMILES string of the molecule is CN=C(NCCc1ccccc1Cl)NCc1ccc(S(N)(=O)=O)s1. The van der Waals surface area contributed by atoms with Gasteiger partial charge in [-0.1, -0.05) is 29.8 Å². The molecule has 24 heavy (non-hydrogen) atoms. The molecule has 4 N–H and O–H groups in total. The summed E-state index contributed by atoms with van der Waals surface area (Å²) in [6, 6.07) is 10.9. The van der Waals surface area contributed by atoms with Gasteiger partial charge < -0.3 is 10.6 Å². The molecule has 6 nitrogen and oxygen atoms in total. The highest BCUT2D eigenvalue weighted by Gasteiger charge is 2.11. The molecule has 0 fully saturated rings. The summed E-state index contributed by atoms with van der Waals surface area (Å²) in [6.07, 6.45) is 0.773. The first-order valence-electron chi connectivity index (χ1n) is 7.19. The van der Waals surface area contributed by atoms with Crippen molar-refractivity contribution in [3.05, 3.63) is 51.9 Å². The molecule has 0 atom stereocenters. The molecule has 0 unspecified atom stereocenters. The Morgan fingerprint density at radius 2 is 2.00 bits per heavy atom. The zero-order chi connectivity index (χ0) is 17.6. The van der Waals surface area contributed by atoms with Crippen LogP contribution in [0, 0.1) is 0 Å². The molecular weight excluding hydrogens is 368 g/mol. The van der Waals surface area contributed by atoms with E-state index in [1.54, 1.807) is 13.1 Å². The van der Waals surface area contributed by atoms with Crippen LogP contribution in [0.4, 0.5) is 0 Å². The van der Waals surface area contributed by atoms with Gasteiger partial charge >= 0.3 is 0 Å². The quantitative estimate of drug-likeness (QED) is 0.522. The van der Waals surface area contributed by atoms with Gasteiger partial charge in [0, 0.05) is 23.5 Å². The molecule has 1 aromatic carbocycles. The molecule has 0 aliphatic heterocycles. The normalized spacial score (nSPS) is 12.2. The van der Waals surface area contributed by atoms with Crippen molar-refractivity contribution in [2.75, 3.05) is 13.6 Å². The van der Waals surface area contributed by atoms with Crippen LogP contribution in [0.25, 0.3) is 0 Å². The maximum Gasteiger partial charge on any atom is 0.247 e. The second-order valence-corrected chi connectivity index (χ2v) is 8.32. The highest BCUT2D eigenvalue weighted by Crippen LogP contribution is 2.20. The van der Waals surface area contributed by atoms with Crippen molar-refractivity contribution >= 4 is 38.9 Å². The minimum Gasteiger partial charge on any atom is -0.356 e. The molecule has 0 aliphatic carbocycles. The standard InChI is InChI=1S/C15H19ClN4O2S2/c1-18-15(19-9-8-11-4-2-3-5-13(11)16)20-10-12-6-7-14(23-12)24(17,21)22/h2-7H,8-10H2,1H3,(H2,17,21,22)(H2,18,19,20). The van der Waals surface area contributed by atoms with Crippen LogP contribution in [0.3, 0.4) is 0 Å². The summed E-state index contributed by atoms with van der Waals surface area (Å²) in [4.78, 5) is 4.99. The fraction of sp³-hybridized carbons (Fsp3) is 0.267. The molecular formula is C15H19ClN4O2S2. The predicted octanol–water partition coefficient (Wildman–Crippen LogP) is 1.96. The Hall–Kier alpha value is -1.61. The number of halogens is 1. The monoisotopic (exact) mass is 386 g/mol. The van der Waals surface area contributed by atoms with Crippen molar-refractivity contribution in [2.45, 2.75) is 17.2 Å². The first kappa shape index (κ1) is 18.7. The smallest absolute Gasteiger partial charge is 0.247 e. The van der Waals surface area contributed by atoms with Crippen LogP contribution in [0.5, 0.6) is 0 Å². The molecule has 0 saturated heterocycles. The average Bonchev–Trinajstić information content (AvgIpc) is 3.01. The summed E-state index contributed by atoms with van der Waals surface area (Å²) >= 11 is 7.26. The van der Waals surface area contributed by atoms with E-state index in [4.69, 9.17) is 16.7 Å². The maximum atomic E-state index is 11.3. The number of sulfonamides is 1. The van der Waals surface area contributed by atoms with Gasteiger partial charge in [-0.2, -0.15) is 0 Å². The highest BCUT2D eigenvalue weighted by atomic mass is 35.5. The van der Waals surface area contributed by atoms with Gasteiger partial charge in [-0.15, -0.1) is 11.3 Å². The predicted molar refractivity (Wildman–Crippen MR) is 99.0 cm³/mol. The lowest BCUT2D eigenvalue weighted by molar-refractivity contribution is 0.600.